The van der Waals surface area contributed by atoms with Crippen LogP contribution in [-0.2, 0) is 6.54 Å². The van der Waals surface area contributed by atoms with E-state index in [2.05, 4.69) is 50.6 Å². The van der Waals surface area contributed by atoms with Gasteiger partial charge in [-0.05, 0) is 66.6 Å². The minimum atomic E-state index is -0.356. The summed E-state index contributed by atoms with van der Waals surface area (Å²) in [6, 6.07) is 20.6. The molecule has 0 aliphatic heterocycles. The number of carbonyl (C=O) groups excluding carboxylic acids is 1. The molecule has 1 N–H and O–H groups in total. The number of anilines is 1. The van der Waals surface area contributed by atoms with E-state index in [1.165, 1.54) is 12.8 Å². The van der Waals surface area contributed by atoms with Crippen molar-refractivity contribution in [3.8, 4) is 17.0 Å². The van der Waals surface area contributed by atoms with Crippen LogP contribution in [0.3, 0.4) is 0 Å². The van der Waals surface area contributed by atoms with Crippen LogP contribution in [0.15, 0.2) is 73.2 Å². The standard InChI is InChI=1S/C27H25N5O2/c33-27(34-25-6-1-2-13-28-25)32(22-10-11-22)16-18-4-3-5-19(14-18)20-7-12-24-23(15-20)26(30-17-29-24)31-21-8-9-21/h1-7,12-15,17,21-22H,8-11,16H2,(H,29,30,31). The van der Waals surface area contributed by atoms with Crippen molar-refractivity contribution in [2.24, 2.45) is 0 Å². The molecule has 1 amide bonds. The average Bonchev–Trinajstić information content (AvgIpc) is 3.79. The molecule has 7 heteroatoms. The number of nitrogens with one attached hydrogen (secondary N) is 1. The van der Waals surface area contributed by atoms with E-state index in [0.717, 1.165) is 46.3 Å². The second-order valence-corrected chi connectivity index (χ2v) is 8.97. The van der Waals surface area contributed by atoms with Crippen LogP contribution >= 0.6 is 0 Å². The fraction of sp³-hybridized carbons (Fsp3) is 0.259. The SMILES string of the molecule is O=C(Oc1ccccn1)N(Cc1cccc(-c2ccc3ncnc(NC4CC4)c3c2)c1)C1CC1. The monoisotopic (exact) mass is 451 g/mol. The van der Waals surface area contributed by atoms with Crippen molar-refractivity contribution in [3.63, 3.8) is 0 Å². The van der Waals surface area contributed by atoms with Crippen molar-refractivity contribution < 1.29 is 9.53 Å². The zero-order valence-corrected chi connectivity index (χ0v) is 18.7. The summed E-state index contributed by atoms with van der Waals surface area (Å²) in [6.07, 6.45) is 7.25. The van der Waals surface area contributed by atoms with Crippen LogP contribution < -0.4 is 10.1 Å². The Bertz CT molecular complexity index is 1340. The minimum Gasteiger partial charge on any atom is -0.391 e. The number of benzene rings is 2. The molecular formula is C27H25N5O2. The van der Waals surface area contributed by atoms with Gasteiger partial charge in [-0.3, -0.25) is 0 Å². The highest BCUT2D eigenvalue weighted by Gasteiger charge is 2.34. The summed E-state index contributed by atoms with van der Waals surface area (Å²) in [6.45, 7) is 0.495. The Balaban J connectivity index is 1.25. The topological polar surface area (TPSA) is 80.2 Å². The summed E-state index contributed by atoms with van der Waals surface area (Å²) in [5.41, 5.74) is 4.17. The Morgan fingerprint density at radius 1 is 0.941 bits per heavy atom. The van der Waals surface area contributed by atoms with Gasteiger partial charge in [0.1, 0.15) is 12.1 Å². The van der Waals surface area contributed by atoms with E-state index in [4.69, 9.17) is 4.74 Å². The van der Waals surface area contributed by atoms with E-state index in [1.807, 2.05) is 12.1 Å². The van der Waals surface area contributed by atoms with Crippen molar-refractivity contribution in [2.45, 2.75) is 44.3 Å². The molecule has 2 heterocycles. The summed E-state index contributed by atoms with van der Waals surface area (Å²) in [5.74, 6) is 1.21. The van der Waals surface area contributed by atoms with Crippen molar-refractivity contribution >= 4 is 22.8 Å². The van der Waals surface area contributed by atoms with E-state index in [0.29, 0.717) is 18.5 Å². The second-order valence-electron chi connectivity index (χ2n) is 8.97. The number of pyridine rings is 1. The quantitative estimate of drug-likeness (QED) is 0.404. The number of ether oxygens (including phenoxy) is 1. The van der Waals surface area contributed by atoms with Gasteiger partial charge in [-0.25, -0.2) is 19.7 Å². The van der Waals surface area contributed by atoms with Crippen LogP contribution in [0.2, 0.25) is 0 Å². The maximum Gasteiger partial charge on any atom is 0.417 e. The average molecular weight is 452 g/mol. The lowest BCUT2D eigenvalue weighted by Crippen LogP contribution is -2.35. The Kier molecular flexibility index (Phi) is 5.30. The van der Waals surface area contributed by atoms with E-state index in [1.54, 1.807) is 35.6 Å². The van der Waals surface area contributed by atoms with E-state index in [-0.39, 0.29) is 12.1 Å². The first-order chi connectivity index (χ1) is 16.7. The predicted molar refractivity (Wildman–Crippen MR) is 130 cm³/mol. The Labute approximate surface area is 197 Å². The zero-order chi connectivity index (χ0) is 22.9. The van der Waals surface area contributed by atoms with Crippen LogP contribution in [0.4, 0.5) is 10.6 Å². The summed E-state index contributed by atoms with van der Waals surface area (Å²) in [7, 11) is 0. The molecule has 0 radical (unpaired) electrons. The van der Waals surface area contributed by atoms with Crippen LogP contribution in [-0.4, -0.2) is 38.0 Å². The number of fused-ring (bicyclic) bond motifs is 1. The third-order valence-corrected chi connectivity index (χ3v) is 6.22. The molecule has 2 aliphatic carbocycles. The van der Waals surface area contributed by atoms with Crippen molar-refractivity contribution in [1.82, 2.24) is 19.9 Å². The molecule has 7 nitrogen and oxygen atoms in total. The number of aromatic nitrogens is 3. The molecule has 0 bridgehead atoms. The van der Waals surface area contributed by atoms with Gasteiger partial charge in [-0.2, -0.15) is 0 Å². The van der Waals surface area contributed by atoms with Crippen molar-refractivity contribution in [2.75, 3.05) is 5.32 Å². The molecule has 0 spiro atoms. The van der Waals surface area contributed by atoms with Crippen LogP contribution in [0.1, 0.15) is 31.2 Å². The molecule has 2 aromatic heterocycles. The van der Waals surface area contributed by atoms with Crippen molar-refractivity contribution in [1.29, 1.82) is 0 Å². The molecule has 34 heavy (non-hydrogen) atoms. The van der Waals surface area contributed by atoms with Gasteiger partial charge in [0.15, 0.2) is 0 Å². The van der Waals surface area contributed by atoms with Gasteiger partial charge in [0.2, 0.25) is 5.88 Å². The smallest absolute Gasteiger partial charge is 0.391 e. The number of hydrogen-bond acceptors (Lipinski definition) is 6. The third kappa shape index (κ3) is 4.55. The van der Waals surface area contributed by atoms with Crippen LogP contribution in [0, 0.1) is 0 Å². The maximum absolute atomic E-state index is 12.9. The molecule has 2 fully saturated rings. The lowest BCUT2D eigenvalue weighted by atomic mass is 10.0. The summed E-state index contributed by atoms with van der Waals surface area (Å²) in [4.78, 5) is 27.7. The van der Waals surface area contributed by atoms with Gasteiger partial charge in [-0.1, -0.05) is 30.3 Å². The molecular weight excluding hydrogens is 426 g/mol. The highest BCUT2D eigenvalue weighted by atomic mass is 16.6. The summed E-state index contributed by atoms with van der Waals surface area (Å²) < 4.78 is 5.52. The van der Waals surface area contributed by atoms with Crippen LogP contribution in [0.5, 0.6) is 5.88 Å². The van der Waals surface area contributed by atoms with E-state index >= 15 is 0 Å². The summed E-state index contributed by atoms with van der Waals surface area (Å²) >= 11 is 0. The predicted octanol–water partition coefficient (Wildman–Crippen LogP) is 5.43. The number of amides is 1. The normalized spacial score (nSPS) is 15.2. The first-order valence-electron chi connectivity index (χ1n) is 11.7. The first-order valence-corrected chi connectivity index (χ1v) is 11.7. The van der Waals surface area contributed by atoms with Gasteiger partial charge in [0.25, 0.3) is 0 Å². The fourth-order valence-corrected chi connectivity index (χ4v) is 4.10. The van der Waals surface area contributed by atoms with Gasteiger partial charge in [0, 0.05) is 36.3 Å². The van der Waals surface area contributed by atoms with E-state index in [9.17, 15) is 4.79 Å². The first kappa shape index (κ1) is 20.6. The number of rotatable bonds is 7. The maximum atomic E-state index is 12.9. The number of hydrogen-bond donors (Lipinski definition) is 1. The van der Waals surface area contributed by atoms with Crippen molar-refractivity contribution in [3.05, 3.63) is 78.8 Å². The second kappa shape index (κ2) is 8.74. The molecule has 6 rings (SSSR count). The fourth-order valence-electron chi connectivity index (χ4n) is 4.10. The van der Waals surface area contributed by atoms with Gasteiger partial charge in [0.05, 0.1) is 5.52 Å². The number of carbonyl (C=O) groups is 1. The lowest BCUT2D eigenvalue weighted by molar-refractivity contribution is 0.144. The van der Waals surface area contributed by atoms with E-state index < -0.39 is 0 Å². The third-order valence-electron chi connectivity index (χ3n) is 6.22. The van der Waals surface area contributed by atoms with Gasteiger partial charge < -0.3 is 15.0 Å². The molecule has 0 saturated heterocycles. The Morgan fingerprint density at radius 3 is 2.62 bits per heavy atom. The lowest BCUT2D eigenvalue weighted by Gasteiger charge is -2.21. The molecule has 2 aliphatic rings. The molecule has 0 atom stereocenters. The minimum absolute atomic E-state index is 0.216. The molecule has 2 aromatic carbocycles. The molecule has 2 saturated carbocycles. The van der Waals surface area contributed by atoms with Gasteiger partial charge in [-0.15, -0.1) is 0 Å². The Hall–Kier alpha value is -4.00. The Morgan fingerprint density at radius 2 is 1.82 bits per heavy atom. The number of nitrogens with zero attached hydrogens (tertiary/aromatic N) is 4. The van der Waals surface area contributed by atoms with Crippen LogP contribution in [0.25, 0.3) is 22.0 Å². The molecule has 170 valence electrons. The van der Waals surface area contributed by atoms with Gasteiger partial charge >= 0.3 is 6.09 Å². The molecule has 4 aromatic rings. The zero-order valence-electron chi connectivity index (χ0n) is 18.7. The highest BCUT2D eigenvalue weighted by Crippen LogP contribution is 2.32. The largest absolute Gasteiger partial charge is 0.417 e. The molecule has 0 unspecified atom stereocenters. The summed E-state index contributed by atoms with van der Waals surface area (Å²) in [5, 5.41) is 4.54. The highest BCUT2D eigenvalue weighted by molar-refractivity contribution is 5.92.